The van der Waals surface area contributed by atoms with Gasteiger partial charge >= 0.3 is 0 Å². The second-order valence-electron chi connectivity index (χ2n) is 2.62. The van der Waals surface area contributed by atoms with Crippen LogP contribution in [0.5, 0.6) is 0 Å². The molecular weight excluding hydrogens is 156 g/mol. The van der Waals surface area contributed by atoms with Crippen molar-refractivity contribution in [1.82, 2.24) is 9.61 Å². The van der Waals surface area contributed by atoms with E-state index >= 15 is 0 Å². The minimum atomic E-state index is 1.07. The summed E-state index contributed by atoms with van der Waals surface area (Å²) in [6.45, 7) is 4.24. The molecule has 0 amide bonds. The minimum absolute atomic E-state index is 1.07. The van der Waals surface area contributed by atoms with Crippen LogP contribution in [-0.2, 0) is 6.42 Å². The lowest BCUT2D eigenvalue weighted by Gasteiger charge is -1.85. The summed E-state index contributed by atoms with van der Waals surface area (Å²) in [7, 11) is 0. The van der Waals surface area contributed by atoms with Crippen molar-refractivity contribution in [3.05, 3.63) is 22.8 Å². The van der Waals surface area contributed by atoms with Gasteiger partial charge in [0.2, 0.25) is 0 Å². The molecule has 11 heavy (non-hydrogen) atoms. The topological polar surface area (TPSA) is 17.3 Å². The molecule has 2 aromatic rings. The van der Waals surface area contributed by atoms with Gasteiger partial charge in [-0.1, -0.05) is 6.92 Å². The van der Waals surface area contributed by atoms with E-state index in [1.54, 1.807) is 11.3 Å². The van der Waals surface area contributed by atoms with Crippen molar-refractivity contribution in [2.24, 2.45) is 0 Å². The summed E-state index contributed by atoms with van der Waals surface area (Å²) < 4.78 is 2.00. The van der Waals surface area contributed by atoms with Gasteiger partial charge in [-0.2, -0.15) is 5.10 Å². The van der Waals surface area contributed by atoms with Crippen molar-refractivity contribution >= 4 is 16.2 Å². The van der Waals surface area contributed by atoms with Crippen molar-refractivity contribution in [3.63, 3.8) is 0 Å². The third kappa shape index (κ3) is 0.878. The molecule has 0 bridgehead atoms. The van der Waals surface area contributed by atoms with Crippen molar-refractivity contribution < 1.29 is 0 Å². The van der Waals surface area contributed by atoms with Crippen LogP contribution in [0.15, 0.2) is 11.6 Å². The van der Waals surface area contributed by atoms with E-state index in [2.05, 4.69) is 24.3 Å². The molecule has 0 spiro atoms. The summed E-state index contributed by atoms with van der Waals surface area (Å²) in [4.78, 5) is 1.30. The average molecular weight is 166 g/mol. The van der Waals surface area contributed by atoms with Gasteiger partial charge < -0.3 is 0 Å². The van der Waals surface area contributed by atoms with Gasteiger partial charge in [0.05, 0.1) is 11.9 Å². The van der Waals surface area contributed by atoms with Crippen LogP contribution in [0.1, 0.15) is 18.2 Å². The Hall–Kier alpha value is -0.830. The van der Waals surface area contributed by atoms with Crippen LogP contribution < -0.4 is 0 Å². The molecule has 2 heterocycles. The Morgan fingerprint density at radius 2 is 2.45 bits per heavy atom. The molecule has 0 radical (unpaired) electrons. The number of hydrogen-bond acceptors (Lipinski definition) is 2. The molecule has 0 aromatic carbocycles. The molecule has 0 atom stereocenters. The summed E-state index contributed by atoms with van der Waals surface area (Å²) in [5.74, 6) is 0. The van der Waals surface area contributed by atoms with Gasteiger partial charge in [0.25, 0.3) is 0 Å². The van der Waals surface area contributed by atoms with E-state index in [-0.39, 0.29) is 0 Å². The zero-order valence-corrected chi connectivity index (χ0v) is 7.48. The van der Waals surface area contributed by atoms with Gasteiger partial charge in [0, 0.05) is 10.9 Å². The molecule has 0 saturated heterocycles. The van der Waals surface area contributed by atoms with E-state index in [1.807, 2.05) is 10.7 Å². The molecule has 0 N–H and O–H groups in total. The third-order valence-electron chi connectivity index (χ3n) is 1.85. The van der Waals surface area contributed by atoms with Crippen LogP contribution >= 0.6 is 11.3 Å². The van der Waals surface area contributed by atoms with Crippen LogP contribution in [0, 0.1) is 6.92 Å². The van der Waals surface area contributed by atoms with Gasteiger partial charge in [0.15, 0.2) is 0 Å². The number of hydrogen-bond donors (Lipinski definition) is 0. The number of nitrogens with zero attached hydrogens (tertiary/aromatic N) is 2. The molecule has 58 valence electrons. The Morgan fingerprint density at radius 3 is 3.18 bits per heavy atom. The fraction of sp³-hybridized carbons (Fsp3) is 0.375. The lowest BCUT2D eigenvalue weighted by molar-refractivity contribution is 0.932. The van der Waals surface area contributed by atoms with Crippen LogP contribution in [0.4, 0.5) is 0 Å². The van der Waals surface area contributed by atoms with E-state index in [0.717, 1.165) is 6.42 Å². The van der Waals surface area contributed by atoms with Crippen molar-refractivity contribution in [1.29, 1.82) is 0 Å². The van der Waals surface area contributed by atoms with Crippen molar-refractivity contribution in [2.45, 2.75) is 20.3 Å². The lowest BCUT2D eigenvalue weighted by Crippen LogP contribution is -1.83. The summed E-state index contributed by atoms with van der Waals surface area (Å²) in [5, 5.41) is 6.42. The van der Waals surface area contributed by atoms with E-state index in [0.29, 0.717) is 0 Å². The first kappa shape index (κ1) is 6.85. The normalized spacial score (nSPS) is 11.1. The molecule has 2 nitrogen and oxygen atoms in total. The number of aryl methyl sites for hydroxylation is 2. The SMILES string of the molecule is CCc1cnn2c(C)csc12. The van der Waals surface area contributed by atoms with Gasteiger partial charge in [-0.15, -0.1) is 11.3 Å². The fourth-order valence-electron chi connectivity index (χ4n) is 1.18. The van der Waals surface area contributed by atoms with E-state index < -0.39 is 0 Å². The first-order chi connectivity index (χ1) is 5.33. The number of fused-ring (bicyclic) bond motifs is 1. The maximum absolute atomic E-state index is 4.28. The second-order valence-corrected chi connectivity index (χ2v) is 3.48. The molecule has 0 unspecified atom stereocenters. The predicted octanol–water partition coefficient (Wildman–Crippen LogP) is 2.27. The Kier molecular flexibility index (Phi) is 1.46. The summed E-state index contributed by atoms with van der Waals surface area (Å²) in [6, 6.07) is 0. The van der Waals surface area contributed by atoms with Crippen molar-refractivity contribution in [3.8, 4) is 0 Å². The number of thiazole rings is 1. The molecule has 0 saturated carbocycles. The Morgan fingerprint density at radius 1 is 1.64 bits per heavy atom. The van der Waals surface area contributed by atoms with E-state index in [4.69, 9.17) is 0 Å². The third-order valence-corrected chi connectivity index (χ3v) is 2.97. The molecule has 3 heteroatoms. The quantitative estimate of drug-likeness (QED) is 0.635. The highest BCUT2D eigenvalue weighted by molar-refractivity contribution is 7.15. The lowest BCUT2D eigenvalue weighted by atomic mass is 10.3. The molecule has 0 aliphatic carbocycles. The minimum Gasteiger partial charge on any atom is -0.227 e. The van der Waals surface area contributed by atoms with Gasteiger partial charge in [-0.25, -0.2) is 4.52 Å². The Labute approximate surface area is 69.5 Å². The highest BCUT2D eigenvalue weighted by Gasteiger charge is 2.04. The Balaban J connectivity index is 2.77. The number of rotatable bonds is 1. The first-order valence-electron chi connectivity index (χ1n) is 3.73. The standard InChI is InChI=1S/C8H10N2S/c1-3-7-4-9-10-6(2)5-11-8(7)10/h4-5H,3H2,1-2H3. The van der Waals surface area contributed by atoms with Crippen LogP contribution in [0.25, 0.3) is 4.83 Å². The van der Waals surface area contributed by atoms with Gasteiger partial charge in [-0.05, 0) is 13.3 Å². The van der Waals surface area contributed by atoms with E-state index in [9.17, 15) is 0 Å². The molecule has 0 fully saturated rings. The second kappa shape index (κ2) is 2.34. The van der Waals surface area contributed by atoms with Gasteiger partial charge in [-0.3, -0.25) is 0 Å². The molecule has 0 aliphatic heterocycles. The predicted molar refractivity (Wildman–Crippen MR) is 47.2 cm³/mol. The smallest absolute Gasteiger partial charge is 0.122 e. The largest absolute Gasteiger partial charge is 0.227 e. The number of aromatic nitrogens is 2. The highest BCUT2D eigenvalue weighted by Crippen LogP contribution is 2.19. The average Bonchev–Trinajstić information content (AvgIpc) is 2.53. The Bertz CT molecular complexity index is 372. The maximum atomic E-state index is 4.28. The zero-order chi connectivity index (χ0) is 7.84. The zero-order valence-electron chi connectivity index (χ0n) is 6.66. The fourth-order valence-corrected chi connectivity index (χ4v) is 2.20. The summed E-state index contributed by atoms with van der Waals surface area (Å²) >= 11 is 1.77. The summed E-state index contributed by atoms with van der Waals surface area (Å²) in [6.07, 6.45) is 3.03. The van der Waals surface area contributed by atoms with Crippen molar-refractivity contribution in [2.75, 3.05) is 0 Å². The highest BCUT2D eigenvalue weighted by atomic mass is 32.1. The van der Waals surface area contributed by atoms with Crippen LogP contribution in [-0.4, -0.2) is 9.61 Å². The molecule has 2 aromatic heterocycles. The van der Waals surface area contributed by atoms with Crippen LogP contribution in [0.2, 0.25) is 0 Å². The monoisotopic (exact) mass is 166 g/mol. The van der Waals surface area contributed by atoms with Gasteiger partial charge in [0.1, 0.15) is 4.83 Å². The maximum Gasteiger partial charge on any atom is 0.122 e. The molecule has 0 aliphatic rings. The summed E-state index contributed by atoms with van der Waals surface area (Å²) in [5.41, 5.74) is 2.58. The van der Waals surface area contributed by atoms with E-state index in [1.165, 1.54) is 16.1 Å². The molecule has 2 rings (SSSR count). The van der Waals surface area contributed by atoms with Crippen LogP contribution in [0.3, 0.4) is 0 Å². The molecular formula is C8H10N2S. The first-order valence-corrected chi connectivity index (χ1v) is 4.61.